The zero-order valence-corrected chi connectivity index (χ0v) is 21.0. The van der Waals surface area contributed by atoms with Crippen LogP contribution in [0.5, 0.6) is 5.75 Å². The summed E-state index contributed by atoms with van der Waals surface area (Å²) in [5.41, 5.74) is 1.71. The number of carbonyl (C=O) groups is 1. The van der Waals surface area contributed by atoms with Crippen molar-refractivity contribution >= 4 is 45.6 Å². The fraction of sp³-hybridized carbons (Fsp3) is 0.391. The summed E-state index contributed by atoms with van der Waals surface area (Å²) in [7, 11) is 0. The molecule has 0 spiro atoms. The van der Waals surface area contributed by atoms with E-state index in [9.17, 15) is 14.4 Å². The van der Waals surface area contributed by atoms with Crippen molar-refractivity contribution in [2.24, 2.45) is 0 Å². The van der Waals surface area contributed by atoms with E-state index in [1.165, 1.54) is 52.6 Å². The molecule has 1 aromatic carbocycles. The number of anilines is 1. The number of nitriles is 1. The molecule has 0 bridgehead atoms. The van der Waals surface area contributed by atoms with Crippen molar-refractivity contribution in [3.05, 3.63) is 50.9 Å². The summed E-state index contributed by atoms with van der Waals surface area (Å²) in [5, 5.41) is 22.1. The first kappa shape index (κ1) is 24.5. The van der Waals surface area contributed by atoms with E-state index >= 15 is 0 Å². The number of thiophene rings is 1. The molecular formula is C23H23ClFN5O2S2. The molecule has 0 atom stereocenters. The van der Waals surface area contributed by atoms with Crippen molar-refractivity contribution in [2.45, 2.75) is 57.3 Å². The third kappa shape index (κ3) is 5.54. The highest BCUT2D eigenvalue weighted by Gasteiger charge is 2.21. The van der Waals surface area contributed by atoms with Gasteiger partial charge in [-0.25, -0.2) is 4.39 Å². The van der Waals surface area contributed by atoms with Gasteiger partial charge < -0.3 is 14.6 Å². The second-order valence-corrected chi connectivity index (χ2v) is 10.2. The number of amides is 1. The van der Waals surface area contributed by atoms with Gasteiger partial charge in [-0.1, -0.05) is 29.8 Å². The lowest BCUT2D eigenvalue weighted by atomic mass is 10.1. The van der Waals surface area contributed by atoms with E-state index in [0.717, 1.165) is 31.2 Å². The van der Waals surface area contributed by atoms with Gasteiger partial charge in [-0.05, 0) is 50.3 Å². The quantitative estimate of drug-likeness (QED) is 0.307. The highest BCUT2D eigenvalue weighted by molar-refractivity contribution is 7.99. The number of ether oxygens (including phenoxy) is 1. The minimum absolute atomic E-state index is 0.0154. The van der Waals surface area contributed by atoms with Gasteiger partial charge in [-0.2, -0.15) is 5.26 Å². The molecule has 4 rings (SSSR count). The summed E-state index contributed by atoms with van der Waals surface area (Å²) in [6.45, 7) is 2.67. The Morgan fingerprint density at radius 1 is 1.35 bits per heavy atom. The summed E-state index contributed by atoms with van der Waals surface area (Å²) in [6.07, 6.45) is 5.23. The van der Waals surface area contributed by atoms with Crippen LogP contribution in [0.2, 0.25) is 5.02 Å². The van der Waals surface area contributed by atoms with E-state index in [0.29, 0.717) is 33.8 Å². The molecule has 1 aliphatic rings. The predicted octanol–water partition coefficient (Wildman–Crippen LogP) is 5.60. The Kier molecular flexibility index (Phi) is 8.08. The van der Waals surface area contributed by atoms with Crippen LogP contribution in [0.1, 0.15) is 48.0 Å². The highest BCUT2D eigenvalue weighted by Crippen LogP contribution is 2.37. The average molecular weight is 520 g/mol. The van der Waals surface area contributed by atoms with Gasteiger partial charge in [-0.3, -0.25) is 4.79 Å². The summed E-state index contributed by atoms with van der Waals surface area (Å²) in [5.74, 6) is 0.443. The zero-order valence-electron chi connectivity index (χ0n) is 18.6. The maximum Gasteiger partial charge on any atom is 0.235 e. The molecule has 0 saturated carbocycles. The molecule has 0 radical (unpaired) electrons. The molecule has 0 unspecified atom stereocenters. The van der Waals surface area contributed by atoms with Crippen LogP contribution in [0.25, 0.3) is 0 Å². The fourth-order valence-electron chi connectivity index (χ4n) is 3.81. The second kappa shape index (κ2) is 11.2. The van der Waals surface area contributed by atoms with E-state index < -0.39 is 5.82 Å². The standard InChI is InChI=1S/C23H23ClFN5O2S2/c1-2-30-20(12-32-14-8-9-18(25)17(24)10-14)28-29-23(30)33-13-21(31)27-22-16(11-26)15-6-4-3-5-7-19(15)34-22/h8-10H,2-7,12-13H2,1H3,(H,27,31). The topological polar surface area (TPSA) is 92.8 Å². The number of halogens is 2. The van der Waals surface area contributed by atoms with Crippen molar-refractivity contribution < 1.29 is 13.9 Å². The van der Waals surface area contributed by atoms with Gasteiger partial charge in [0, 0.05) is 17.5 Å². The first-order valence-corrected chi connectivity index (χ1v) is 13.1. The van der Waals surface area contributed by atoms with Crippen molar-refractivity contribution in [1.82, 2.24) is 14.8 Å². The lowest BCUT2D eigenvalue weighted by Gasteiger charge is -2.09. The molecule has 1 N–H and O–H groups in total. The normalized spacial score (nSPS) is 13.1. The Morgan fingerprint density at radius 3 is 2.94 bits per heavy atom. The van der Waals surface area contributed by atoms with Crippen LogP contribution in [0, 0.1) is 17.1 Å². The third-order valence-corrected chi connectivity index (χ3v) is 7.95. The Morgan fingerprint density at radius 2 is 2.18 bits per heavy atom. The molecule has 0 aliphatic heterocycles. The molecule has 0 saturated heterocycles. The van der Waals surface area contributed by atoms with Crippen molar-refractivity contribution in [2.75, 3.05) is 11.1 Å². The molecule has 1 aliphatic carbocycles. The molecule has 2 heterocycles. The number of nitrogens with one attached hydrogen (secondary N) is 1. The van der Waals surface area contributed by atoms with Crippen molar-refractivity contribution in [3.63, 3.8) is 0 Å². The number of thioether (sulfide) groups is 1. The number of aryl methyl sites for hydroxylation is 1. The smallest absolute Gasteiger partial charge is 0.235 e. The molecule has 0 fully saturated rings. The number of fused-ring (bicyclic) bond motifs is 1. The summed E-state index contributed by atoms with van der Waals surface area (Å²) < 4.78 is 20.9. The number of hydrogen-bond donors (Lipinski definition) is 1. The van der Waals surface area contributed by atoms with E-state index in [2.05, 4.69) is 21.6 Å². The van der Waals surface area contributed by atoms with Crippen molar-refractivity contribution in [3.8, 4) is 11.8 Å². The van der Waals surface area contributed by atoms with Gasteiger partial charge in [-0.15, -0.1) is 21.5 Å². The van der Waals surface area contributed by atoms with Crippen LogP contribution in [0.4, 0.5) is 9.39 Å². The van der Waals surface area contributed by atoms with Crippen LogP contribution in [-0.4, -0.2) is 26.4 Å². The number of benzene rings is 1. The minimum Gasteiger partial charge on any atom is -0.486 e. The molecule has 3 aromatic rings. The summed E-state index contributed by atoms with van der Waals surface area (Å²) >= 11 is 8.59. The first-order valence-electron chi connectivity index (χ1n) is 11.0. The van der Waals surface area contributed by atoms with Gasteiger partial charge in [0.2, 0.25) is 5.91 Å². The monoisotopic (exact) mass is 519 g/mol. The Balaban J connectivity index is 1.37. The van der Waals surface area contributed by atoms with E-state index in [1.54, 1.807) is 0 Å². The molecule has 178 valence electrons. The van der Waals surface area contributed by atoms with Gasteiger partial charge in [0.25, 0.3) is 0 Å². The number of carbonyl (C=O) groups excluding carboxylic acids is 1. The van der Waals surface area contributed by atoms with E-state index in [4.69, 9.17) is 16.3 Å². The Labute approximate surface area is 210 Å². The maximum atomic E-state index is 13.3. The zero-order chi connectivity index (χ0) is 24.1. The number of rotatable bonds is 8. The summed E-state index contributed by atoms with van der Waals surface area (Å²) in [6, 6.07) is 6.43. The molecule has 1 amide bonds. The lowest BCUT2D eigenvalue weighted by molar-refractivity contribution is -0.113. The number of hydrogen-bond acceptors (Lipinski definition) is 7. The largest absolute Gasteiger partial charge is 0.486 e. The van der Waals surface area contributed by atoms with Crippen LogP contribution in [0.3, 0.4) is 0 Å². The SMILES string of the molecule is CCn1c(COc2ccc(F)c(Cl)c2)nnc1SCC(=O)Nc1sc2c(c1C#N)CCCCC2. The minimum atomic E-state index is -0.511. The number of nitrogens with zero attached hydrogens (tertiary/aromatic N) is 4. The first-order chi connectivity index (χ1) is 16.5. The summed E-state index contributed by atoms with van der Waals surface area (Å²) in [4.78, 5) is 13.9. The van der Waals surface area contributed by atoms with Crippen LogP contribution in [-0.2, 0) is 30.8 Å². The average Bonchev–Trinajstić information content (AvgIpc) is 3.29. The van der Waals surface area contributed by atoms with Gasteiger partial charge in [0.15, 0.2) is 11.0 Å². The fourth-order valence-corrected chi connectivity index (χ4v) is 6.05. The molecule has 11 heteroatoms. The van der Waals surface area contributed by atoms with Gasteiger partial charge >= 0.3 is 0 Å². The van der Waals surface area contributed by atoms with Gasteiger partial charge in [0.05, 0.1) is 16.3 Å². The highest BCUT2D eigenvalue weighted by atomic mass is 35.5. The lowest BCUT2D eigenvalue weighted by Crippen LogP contribution is -2.15. The third-order valence-electron chi connectivity index (χ3n) is 5.49. The van der Waals surface area contributed by atoms with Gasteiger partial charge in [0.1, 0.15) is 29.2 Å². The van der Waals surface area contributed by atoms with Crippen LogP contribution < -0.4 is 10.1 Å². The maximum absolute atomic E-state index is 13.3. The second-order valence-electron chi connectivity index (χ2n) is 7.72. The predicted molar refractivity (Wildman–Crippen MR) is 131 cm³/mol. The molecule has 2 aromatic heterocycles. The molecular weight excluding hydrogens is 497 g/mol. The Bertz CT molecular complexity index is 1240. The number of aromatic nitrogens is 3. The Hall–Kier alpha value is -2.61. The molecule has 7 nitrogen and oxygen atoms in total. The van der Waals surface area contributed by atoms with E-state index in [-0.39, 0.29) is 23.3 Å². The van der Waals surface area contributed by atoms with Crippen LogP contribution in [0.15, 0.2) is 23.4 Å². The van der Waals surface area contributed by atoms with E-state index in [1.807, 2.05) is 11.5 Å². The van der Waals surface area contributed by atoms with Crippen molar-refractivity contribution in [1.29, 1.82) is 5.26 Å². The van der Waals surface area contributed by atoms with Crippen LogP contribution >= 0.6 is 34.7 Å². The molecule has 34 heavy (non-hydrogen) atoms.